The zero-order chi connectivity index (χ0) is 14.5. The summed E-state index contributed by atoms with van der Waals surface area (Å²) in [6.07, 6.45) is 0. The van der Waals surface area contributed by atoms with Gasteiger partial charge in [0.25, 0.3) is 5.91 Å². The number of thioether (sulfide) groups is 1. The van der Waals surface area contributed by atoms with Crippen LogP contribution in [0.3, 0.4) is 0 Å². The second-order valence-corrected chi connectivity index (χ2v) is 7.39. The molecule has 0 spiro atoms. The molecule has 1 aromatic rings. The number of methoxy groups -OCH3 is 1. The molecule has 0 saturated carbocycles. The van der Waals surface area contributed by atoms with Crippen molar-refractivity contribution in [2.45, 2.75) is 25.5 Å². The standard InChI is InChI=1S/C14H20ClNO2S/c1-14(2,3)19-8-7-16-13(17)10-5-6-12(18-4)11(15)9-10/h5-6,9H,7-8H2,1-4H3,(H,16,17). The molecule has 19 heavy (non-hydrogen) atoms. The van der Waals surface area contributed by atoms with Crippen molar-refractivity contribution in [3.05, 3.63) is 28.8 Å². The lowest BCUT2D eigenvalue weighted by Gasteiger charge is -2.17. The van der Waals surface area contributed by atoms with Crippen LogP contribution in [-0.4, -0.2) is 30.1 Å². The van der Waals surface area contributed by atoms with Crippen LogP contribution in [0.4, 0.5) is 0 Å². The molecular formula is C14H20ClNO2S. The molecule has 0 aliphatic carbocycles. The van der Waals surface area contributed by atoms with E-state index in [-0.39, 0.29) is 10.7 Å². The van der Waals surface area contributed by atoms with Gasteiger partial charge in [-0.05, 0) is 18.2 Å². The van der Waals surface area contributed by atoms with Gasteiger partial charge in [0.05, 0.1) is 12.1 Å². The van der Waals surface area contributed by atoms with Crippen LogP contribution in [0.15, 0.2) is 18.2 Å². The molecule has 106 valence electrons. The summed E-state index contributed by atoms with van der Waals surface area (Å²) in [6, 6.07) is 5.02. The SMILES string of the molecule is COc1ccc(C(=O)NCCSC(C)(C)C)cc1Cl. The quantitative estimate of drug-likeness (QED) is 0.844. The molecule has 0 fully saturated rings. The minimum Gasteiger partial charge on any atom is -0.495 e. The summed E-state index contributed by atoms with van der Waals surface area (Å²) in [7, 11) is 1.55. The topological polar surface area (TPSA) is 38.3 Å². The Morgan fingerprint density at radius 2 is 2.11 bits per heavy atom. The maximum absolute atomic E-state index is 11.9. The molecule has 0 radical (unpaired) electrons. The summed E-state index contributed by atoms with van der Waals surface area (Å²) >= 11 is 7.80. The molecule has 0 bridgehead atoms. The van der Waals surface area contributed by atoms with E-state index in [1.807, 2.05) is 11.8 Å². The predicted octanol–water partition coefficient (Wildman–Crippen LogP) is 3.61. The first-order valence-corrected chi connectivity index (χ1v) is 7.45. The number of carbonyl (C=O) groups excluding carboxylic acids is 1. The third kappa shape index (κ3) is 5.74. The van der Waals surface area contributed by atoms with Crippen molar-refractivity contribution < 1.29 is 9.53 Å². The van der Waals surface area contributed by atoms with Gasteiger partial charge < -0.3 is 10.1 Å². The number of hydrogen-bond acceptors (Lipinski definition) is 3. The van der Waals surface area contributed by atoms with E-state index in [0.29, 0.717) is 22.9 Å². The normalized spacial score (nSPS) is 11.2. The molecule has 1 N–H and O–H groups in total. The van der Waals surface area contributed by atoms with Crippen LogP contribution >= 0.6 is 23.4 Å². The zero-order valence-electron chi connectivity index (χ0n) is 11.7. The number of hydrogen-bond donors (Lipinski definition) is 1. The minimum atomic E-state index is -0.112. The fourth-order valence-corrected chi connectivity index (χ4v) is 2.51. The van der Waals surface area contributed by atoms with Crippen molar-refractivity contribution in [1.29, 1.82) is 0 Å². The number of halogens is 1. The number of carbonyl (C=O) groups is 1. The number of benzene rings is 1. The van der Waals surface area contributed by atoms with Crippen LogP contribution in [0.2, 0.25) is 5.02 Å². The van der Waals surface area contributed by atoms with Crippen LogP contribution in [0.25, 0.3) is 0 Å². The van der Waals surface area contributed by atoms with Gasteiger partial charge in [-0.3, -0.25) is 4.79 Å². The third-order valence-corrected chi connectivity index (χ3v) is 3.91. The van der Waals surface area contributed by atoms with Gasteiger partial charge in [-0.25, -0.2) is 0 Å². The Labute approximate surface area is 124 Å². The van der Waals surface area contributed by atoms with Crippen LogP contribution in [0.5, 0.6) is 5.75 Å². The Morgan fingerprint density at radius 1 is 1.42 bits per heavy atom. The van der Waals surface area contributed by atoms with E-state index in [1.165, 1.54) is 0 Å². The van der Waals surface area contributed by atoms with Gasteiger partial charge >= 0.3 is 0 Å². The smallest absolute Gasteiger partial charge is 0.251 e. The fourth-order valence-electron chi connectivity index (χ4n) is 1.43. The molecule has 1 rings (SSSR count). The Hall–Kier alpha value is -0.870. The van der Waals surface area contributed by atoms with Gasteiger partial charge in [-0.15, -0.1) is 0 Å². The largest absolute Gasteiger partial charge is 0.495 e. The highest BCUT2D eigenvalue weighted by molar-refractivity contribution is 8.00. The lowest BCUT2D eigenvalue weighted by atomic mass is 10.2. The maximum Gasteiger partial charge on any atom is 0.251 e. The van der Waals surface area contributed by atoms with E-state index in [1.54, 1.807) is 25.3 Å². The van der Waals surface area contributed by atoms with E-state index in [2.05, 4.69) is 26.1 Å². The van der Waals surface area contributed by atoms with Gasteiger partial charge in [-0.2, -0.15) is 11.8 Å². The summed E-state index contributed by atoms with van der Waals surface area (Å²) in [5, 5.41) is 3.32. The van der Waals surface area contributed by atoms with Crippen LogP contribution in [-0.2, 0) is 0 Å². The lowest BCUT2D eigenvalue weighted by Crippen LogP contribution is -2.26. The second kappa shape index (κ2) is 7.06. The molecule has 0 saturated heterocycles. The van der Waals surface area contributed by atoms with E-state index in [0.717, 1.165) is 5.75 Å². The second-order valence-electron chi connectivity index (χ2n) is 5.07. The van der Waals surface area contributed by atoms with Crippen molar-refractivity contribution in [2.75, 3.05) is 19.4 Å². The highest BCUT2D eigenvalue weighted by Crippen LogP contribution is 2.25. The molecule has 0 aromatic heterocycles. The predicted molar refractivity (Wildman–Crippen MR) is 82.5 cm³/mol. The first-order chi connectivity index (χ1) is 8.83. The van der Waals surface area contributed by atoms with Gasteiger partial charge in [0.1, 0.15) is 5.75 Å². The maximum atomic E-state index is 11.9. The van der Waals surface area contributed by atoms with Crippen molar-refractivity contribution in [2.24, 2.45) is 0 Å². The summed E-state index contributed by atoms with van der Waals surface area (Å²) < 4.78 is 5.27. The summed E-state index contributed by atoms with van der Waals surface area (Å²) in [5.74, 6) is 1.35. The van der Waals surface area contributed by atoms with Gasteiger partial charge in [0, 0.05) is 22.6 Å². The average molecular weight is 302 g/mol. The highest BCUT2D eigenvalue weighted by atomic mass is 35.5. The number of rotatable bonds is 5. The molecule has 0 atom stereocenters. The van der Waals surface area contributed by atoms with Gasteiger partial charge in [0.2, 0.25) is 0 Å². The van der Waals surface area contributed by atoms with Crippen molar-refractivity contribution >= 4 is 29.3 Å². The van der Waals surface area contributed by atoms with E-state index < -0.39 is 0 Å². The molecule has 1 aromatic carbocycles. The van der Waals surface area contributed by atoms with Gasteiger partial charge in [0.15, 0.2) is 0 Å². The van der Waals surface area contributed by atoms with E-state index >= 15 is 0 Å². The van der Waals surface area contributed by atoms with E-state index in [4.69, 9.17) is 16.3 Å². The highest BCUT2D eigenvalue weighted by Gasteiger charge is 2.11. The molecular weight excluding hydrogens is 282 g/mol. The third-order valence-electron chi connectivity index (χ3n) is 2.34. The Balaban J connectivity index is 2.48. The first-order valence-electron chi connectivity index (χ1n) is 6.09. The van der Waals surface area contributed by atoms with Crippen molar-refractivity contribution in [3.63, 3.8) is 0 Å². The van der Waals surface area contributed by atoms with E-state index in [9.17, 15) is 4.79 Å². The Bertz CT molecular complexity index is 444. The molecule has 3 nitrogen and oxygen atoms in total. The molecule has 0 unspecified atom stereocenters. The number of amides is 1. The fraction of sp³-hybridized carbons (Fsp3) is 0.500. The molecule has 0 aliphatic rings. The summed E-state index contributed by atoms with van der Waals surface area (Å²) in [4.78, 5) is 11.9. The number of nitrogens with one attached hydrogen (secondary N) is 1. The first kappa shape index (κ1) is 16.2. The summed E-state index contributed by atoms with van der Waals surface area (Å²) in [6.45, 7) is 7.11. The summed E-state index contributed by atoms with van der Waals surface area (Å²) in [5.41, 5.74) is 0.548. The lowest BCUT2D eigenvalue weighted by molar-refractivity contribution is 0.0956. The molecule has 5 heteroatoms. The zero-order valence-corrected chi connectivity index (χ0v) is 13.3. The Morgan fingerprint density at radius 3 is 2.63 bits per heavy atom. The van der Waals surface area contributed by atoms with Crippen LogP contribution < -0.4 is 10.1 Å². The van der Waals surface area contributed by atoms with Crippen LogP contribution in [0, 0.1) is 0 Å². The van der Waals surface area contributed by atoms with Gasteiger partial charge in [-0.1, -0.05) is 32.4 Å². The van der Waals surface area contributed by atoms with Crippen LogP contribution in [0.1, 0.15) is 31.1 Å². The molecule has 1 amide bonds. The van der Waals surface area contributed by atoms with Crippen molar-refractivity contribution in [3.8, 4) is 5.75 Å². The molecule has 0 aliphatic heterocycles. The number of ether oxygens (including phenoxy) is 1. The minimum absolute atomic E-state index is 0.112. The van der Waals surface area contributed by atoms with Crippen molar-refractivity contribution in [1.82, 2.24) is 5.32 Å². The monoisotopic (exact) mass is 301 g/mol. The average Bonchev–Trinajstić information content (AvgIpc) is 2.33. The molecule has 0 heterocycles. The Kier molecular flexibility index (Phi) is 6.01.